The lowest BCUT2D eigenvalue weighted by Crippen LogP contribution is -2.62. The highest BCUT2D eigenvalue weighted by Gasteiger charge is 2.36. The van der Waals surface area contributed by atoms with Crippen LogP contribution in [0.1, 0.15) is 32.1 Å². The van der Waals surface area contributed by atoms with Gasteiger partial charge in [-0.2, -0.15) is 0 Å². The molecule has 2 aliphatic rings. The highest BCUT2D eigenvalue weighted by molar-refractivity contribution is 5.90. The van der Waals surface area contributed by atoms with Crippen LogP contribution in [-0.2, 0) is 9.59 Å². The first kappa shape index (κ1) is 15.6. The second kappa shape index (κ2) is 6.75. The number of carbonyl (C=O) groups excluding carboxylic acids is 2. The van der Waals surface area contributed by atoms with Gasteiger partial charge in [-0.3, -0.25) is 9.69 Å². The summed E-state index contributed by atoms with van der Waals surface area (Å²) in [5.74, 6) is -1.55. The fourth-order valence-electron chi connectivity index (χ4n) is 2.77. The van der Waals surface area contributed by atoms with Crippen LogP contribution < -0.4 is 10.6 Å². The lowest BCUT2D eigenvalue weighted by molar-refractivity contribution is -0.144. The summed E-state index contributed by atoms with van der Waals surface area (Å²) in [4.78, 5) is 35.8. The first-order chi connectivity index (χ1) is 9.99. The Labute approximate surface area is 122 Å². The van der Waals surface area contributed by atoms with E-state index in [-0.39, 0.29) is 25.0 Å². The molecule has 1 saturated carbocycles. The fourth-order valence-corrected chi connectivity index (χ4v) is 2.77. The molecule has 1 aliphatic heterocycles. The molecule has 1 aliphatic carbocycles. The second-order valence-corrected chi connectivity index (χ2v) is 5.55. The van der Waals surface area contributed by atoms with Gasteiger partial charge in [0.1, 0.15) is 12.6 Å². The Morgan fingerprint density at radius 1 is 1.24 bits per heavy atom. The minimum Gasteiger partial charge on any atom is -0.480 e. The number of piperazine rings is 1. The molecule has 3 atom stereocenters. The van der Waals surface area contributed by atoms with Crippen LogP contribution in [-0.4, -0.2) is 64.3 Å². The number of urea groups is 1. The number of hydrogen-bond donors (Lipinski definition) is 4. The highest BCUT2D eigenvalue weighted by Crippen LogP contribution is 2.18. The molecule has 2 rings (SSSR count). The molecule has 1 heterocycles. The second-order valence-electron chi connectivity index (χ2n) is 5.55. The number of hydrogen-bond acceptors (Lipinski definition) is 4. The van der Waals surface area contributed by atoms with Crippen LogP contribution in [0.4, 0.5) is 4.79 Å². The van der Waals surface area contributed by atoms with Crippen molar-refractivity contribution in [3.05, 3.63) is 0 Å². The topological polar surface area (TPSA) is 119 Å². The largest absolute Gasteiger partial charge is 0.480 e. The van der Waals surface area contributed by atoms with Gasteiger partial charge in [-0.05, 0) is 12.8 Å². The number of aliphatic carboxylic acids is 1. The van der Waals surface area contributed by atoms with Crippen molar-refractivity contribution in [2.75, 3.05) is 13.1 Å². The number of carboxylic acids is 1. The van der Waals surface area contributed by atoms with Gasteiger partial charge in [-0.15, -0.1) is 0 Å². The van der Waals surface area contributed by atoms with E-state index >= 15 is 0 Å². The smallest absolute Gasteiger partial charge is 0.328 e. The van der Waals surface area contributed by atoms with Crippen molar-refractivity contribution in [2.45, 2.75) is 50.3 Å². The quantitative estimate of drug-likeness (QED) is 0.501. The number of nitrogens with zero attached hydrogens (tertiary/aromatic N) is 1. The lowest BCUT2D eigenvalue weighted by Gasteiger charge is -2.34. The van der Waals surface area contributed by atoms with Crippen LogP contribution in [0.5, 0.6) is 0 Å². The van der Waals surface area contributed by atoms with Crippen LogP contribution in [0.25, 0.3) is 0 Å². The SMILES string of the molecule is O=C1CN(C(=O)NC2CCCCCC2O)C(C(=O)O)CN1. The average molecular weight is 299 g/mol. The van der Waals surface area contributed by atoms with Gasteiger partial charge < -0.3 is 20.8 Å². The summed E-state index contributed by atoms with van der Waals surface area (Å²) >= 11 is 0. The van der Waals surface area contributed by atoms with Crippen molar-refractivity contribution in [1.82, 2.24) is 15.5 Å². The Morgan fingerprint density at radius 2 is 1.95 bits per heavy atom. The molecule has 1 saturated heterocycles. The van der Waals surface area contributed by atoms with Crippen molar-refractivity contribution >= 4 is 17.9 Å². The maximum Gasteiger partial charge on any atom is 0.328 e. The average Bonchev–Trinajstić information content (AvgIpc) is 2.63. The molecule has 0 aromatic rings. The van der Waals surface area contributed by atoms with Crippen molar-refractivity contribution in [1.29, 1.82) is 0 Å². The molecule has 3 unspecified atom stereocenters. The van der Waals surface area contributed by atoms with Crippen LogP contribution in [0.2, 0.25) is 0 Å². The van der Waals surface area contributed by atoms with Gasteiger partial charge in [0.25, 0.3) is 0 Å². The third kappa shape index (κ3) is 3.84. The van der Waals surface area contributed by atoms with Gasteiger partial charge in [0, 0.05) is 6.54 Å². The molecule has 2 fully saturated rings. The molecule has 3 amide bonds. The molecule has 0 radical (unpaired) electrons. The van der Waals surface area contributed by atoms with Crippen LogP contribution in [0.15, 0.2) is 0 Å². The van der Waals surface area contributed by atoms with E-state index in [1.807, 2.05) is 0 Å². The Balaban J connectivity index is 2.02. The monoisotopic (exact) mass is 299 g/mol. The minimum absolute atomic E-state index is 0.102. The Bertz CT molecular complexity index is 428. The number of carbonyl (C=O) groups is 3. The molecule has 0 spiro atoms. The molecule has 8 nitrogen and oxygen atoms in total. The van der Waals surface area contributed by atoms with Gasteiger partial charge in [0.15, 0.2) is 0 Å². The van der Waals surface area contributed by atoms with Crippen molar-refractivity contribution in [3.8, 4) is 0 Å². The zero-order chi connectivity index (χ0) is 15.4. The number of rotatable bonds is 2. The first-order valence-corrected chi connectivity index (χ1v) is 7.23. The van der Waals surface area contributed by atoms with E-state index in [2.05, 4.69) is 10.6 Å². The maximum absolute atomic E-state index is 12.2. The van der Waals surface area contributed by atoms with Gasteiger partial charge in [-0.1, -0.05) is 19.3 Å². The Morgan fingerprint density at radius 3 is 2.67 bits per heavy atom. The summed E-state index contributed by atoms with van der Waals surface area (Å²) in [5.41, 5.74) is 0. The standard InChI is InChI=1S/C13H21N3O5/c17-10-5-3-1-2-4-8(10)15-13(21)16-7-11(18)14-6-9(16)12(19)20/h8-10,17H,1-7H2,(H,14,18)(H,15,21)(H,19,20). The first-order valence-electron chi connectivity index (χ1n) is 7.23. The molecule has 8 heteroatoms. The van der Waals surface area contributed by atoms with Gasteiger partial charge >= 0.3 is 12.0 Å². The molecular weight excluding hydrogens is 278 g/mol. The van der Waals surface area contributed by atoms with Gasteiger partial charge in [0.05, 0.1) is 12.1 Å². The molecule has 0 aromatic carbocycles. The minimum atomic E-state index is -1.16. The number of aliphatic hydroxyl groups excluding tert-OH is 1. The summed E-state index contributed by atoms with van der Waals surface area (Å²) in [5, 5.41) is 24.2. The van der Waals surface area contributed by atoms with Crippen LogP contribution in [0.3, 0.4) is 0 Å². The van der Waals surface area contributed by atoms with E-state index < -0.39 is 24.1 Å². The zero-order valence-corrected chi connectivity index (χ0v) is 11.7. The predicted molar refractivity (Wildman–Crippen MR) is 72.6 cm³/mol. The molecule has 0 bridgehead atoms. The molecule has 4 N–H and O–H groups in total. The van der Waals surface area contributed by atoms with E-state index in [9.17, 15) is 19.5 Å². The van der Waals surface area contributed by atoms with E-state index in [1.54, 1.807) is 0 Å². The van der Waals surface area contributed by atoms with E-state index in [1.165, 1.54) is 0 Å². The third-order valence-electron chi connectivity index (χ3n) is 4.02. The fraction of sp³-hybridized carbons (Fsp3) is 0.769. The zero-order valence-electron chi connectivity index (χ0n) is 11.7. The lowest BCUT2D eigenvalue weighted by atomic mass is 10.1. The van der Waals surface area contributed by atoms with Crippen LogP contribution >= 0.6 is 0 Å². The summed E-state index contributed by atoms with van der Waals surface area (Å²) < 4.78 is 0. The number of amides is 3. The van der Waals surface area contributed by atoms with Crippen LogP contribution in [0, 0.1) is 0 Å². The molecule has 21 heavy (non-hydrogen) atoms. The van der Waals surface area contributed by atoms with E-state index in [0.717, 1.165) is 24.2 Å². The summed E-state index contributed by atoms with van der Waals surface area (Å²) in [7, 11) is 0. The van der Waals surface area contributed by atoms with Crippen molar-refractivity contribution in [3.63, 3.8) is 0 Å². The number of aliphatic hydroxyl groups is 1. The summed E-state index contributed by atoms with van der Waals surface area (Å²) in [6.07, 6.45) is 3.48. The Kier molecular flexibility index (Phi) is 5.00. The molecule has 118 valence electrons. The van der Waals surface area contributed by atoms with E-state index in [0.29, 0.717) is 12.8 Å². The predicted octanol–water partition coefficient (Wildman–Crippen LogP) is -0.725. The molecule has 0 aromatic heterocycles. The summed E-state index contributed by atoms with van der Waals surface area (Å²) in [6, 6.07) is -2.08. The van der Waals surface area contributed by atoms with Crippen molar-refractivity contribution < 1.29 is 24.6 Å². The molecular formula is C13H21N3O5. The Hall–Kier alpha value is -1.83. The number of carboxylic acid groups (broad SMARTS) is 1. The van der Waals surface area contributed by atoms with Crippen molar-refractivity contribution in [2.24, 2.45) is 0 Å². The van der Waals surface area contributed by atoms with E-state index in [4.69, 9.17) is 5.11 Å². The van der Waals surface area contributed by atoms with Gasteiger partial charge in [-0.25, -0.2) is 9.59 Å². The summed E-state index contributed by atoms with van der Waals surface area (Å²) in [6.45, 7) is -0.388. The highest BCUT2D eigenvalue weighted by atomic mass is 16.4. The normalized spacial score (nSPS) is 30.2. The van der Waals surface area contributed by atoms with Gasteiger partial charge in [0.2, 0.25) is 5.91 Å². The number of nitrogens with one attached hydrogen (secondary N) is 2. The maximum atomic E-state index is 12.2. The third-order valence-corrected chi connectivity index (χ3v) is 4.02.